The zero-order valence-corrected chi connectivity index (χ0v) is 24.6. The third-order valence-electron chi connectivity index (χ3n) is 5.80. The molecule has 0 bridgehead atoms. The lowest BCUT2D eigenvalue weighted by Crippen LogP contribution is -2.56. The Bertz CT molecular complexity index is 1210. The number of amides is 3. The molecule has 0 saturated carbocycles. The molecule has 240 valence electrons. The lowest BCUT2D eigenvalue weighted by atomic mass is 9.98. The first kappa shape index (κ1) is 35.2. The molecule has 2 rings (SSSR count). The van der Waals surface area contributed by atoms with Crippen LogP contribution in [0.4, 0.5) is 31.5 Å². The predicted octanol–water partition coefficient (Wildman–Crippen LogP) is 4.99. The van der Waals surface area contributed by atoms with Gasteiger partial charge in [0.25, 0.3) is 5.92 Å². The van der Waals surface area contributed by atoms with E-state index in [1.54, 1.807) is 26.8 Å². The molecule has 3 N–H and O–H groups in total. The summed E-state index contributed by atoms with van der Waals surface area (Å²) in [6, 6.07) is 5.97. The van der Waals surface area contributed by atoms with Crippen LogP contribution < -0.4 is 16.0 Å². The monoisotopic (exact) mass is 620 g/mol. The van der Waals surface area contributed by atoms with E-state index < -0.39 is 66.8 Å². The minimum atomic E-state index is -4.45. The first-order valence-electron chi connectivity index (χ1n) is 13.4. The van der Waals surface area contributed by atoms with Crippen LogP contribution in [0.5, 0.6) is 0 Å². The van der Waals surface area contributed by atoms with Gasteiger partial charge in [0.05, 0.1) is 19.0 Å². The molecule has 16 heteroatoms. The number of nitrogens with zero attached hydrogens (tertiary/aromatic N) is 3. The number of alkyl carbamates (subject to hydrolysis) is 2. The largest absolute Gasteiger partial charge is 0.448 e. The van der Waals surface area contributed by atoms with Gasteiger partial charge >= 0.3 is 18.4 Å². The quantitative estimate of drug-likeness (QED) is 0.269. The van der Waals surface area contributed by atoms with E-state index in [0.717, 1.165) is 6.33 Å². The minimum Gasteiger partial charge on any atom is -0.448 e. The van der Waals surface area contributed by atoms with Gasteiger partial charge in [0.15, 0.2) is 0 Å². The van der Waals surface area contributed by atoms with Gasteiger partial charge in [0, 0.05) is 18.5 Å². The SMILES string of the molecule is CC(C)(C)OC(=O)NC(C)(C)C(=O)N[C@H](CCC(F)(F)c1ccccc1)c1ncnn1CCOC(=O)NCCC(F)(F)F. The van der Waals surface area contributed by atoms with Crippen molar-refractivity contribution in [3.63, 3.8) is 0 Å². The third kappa shape index (κ3) is 12.4. The van der Waals surface area contributed by atoms with Crippen molar-refractivity contribution in [1.82, 2.24) is 30.7 Å². The van der Waals surface area contributed by atoms with Crippen molar-refractivity contribution in [3.8, 4) is 0 Å². The smallest absolute Gasteiger partial charge is 0.408 e. The normalized spacial score (nSPS) is 13.2. The molecular formula is C27H37F5N6O5. The van der Waals surface area contributed by atoms with Gasteiger partial charge in [0.2, 0.25) is 5.91 Å². The molecule has 0 aliphatic heterocycles. The second kappa shape index (κ2) is 14.5. The molecule has 1 atom stereocenters. The number of carbonyl (C=O) groups excluding carboxylic acids is 3. The fourth-order valence-corrected chi connectivity index (χ4v) is 3.67. The van der Waals surface area contributed by atoms with Crippen LogP contribution in [0.25, 0.3) is 0 Å². The van der Waals surface area contributed by atoms with E-state index in [9.17, 15) is 27.6 Å². The standard InChI is InChI=1S/C27H37F5N6O5/c1-24(2,3)43-23(41)37-25(4,5)21(39)36-19(11-12-26(28,29)18-9-7-6-8-10-18)20-34-17-35-38(20)15-16-42-22(40)33-14-13-27(30,31)32/h6-10,17,19H,11-16H2,1-5H3,(H,33,40)(H,36,39)(H,37,41)/t19-/m1/s1. The number of hydrogen-bond donors (Lipinski definition) is 3. The van der Waals surface area contributed by atoms with Crippen LogP contribution in [0, 0.1) is 0 Å². The summed E-state index contributed by atoms with van der Waals surface area (Å²) < 4.78 is 78.2. The van der Waals surface area contributed by atoms with Crippen LogP contribution >= 0.6 is 0 Å². The second-order valence-corrected chi connectivity index (χ2v) is 11.2. The van der Waals surface area contributed by atoms with E-state index in [2.05, 4.69) is 20.7 Å². The Balaban J connectivity index is 2.17. The highest BCUT2D eigenvalue weighted by atomic mass is 19.4. The zero-order valence-electron chi connectivity index (χ0n) is 24.6. The lowest BCUT2D eigenvalue weighted by molar-refractivity contribution is -0.133. The van der Waals surface area contributed by atoms with Gasteiger partial charge < -0.3 is 25.4 Å². The van der Waals surface area contributed by atoms with Gasteiger partial charge in [-0.25, -0.2) is 28.0 Å². The number of nitrogens with one attached hydrogen (secondary N) is 3. The average Bonchev–Trinajstić information content (AvgIpc) is 3.33. The van der Waals surface area contributed by atoms with Crippen molar-refractivity contribution in [2.75, 3.05) is 13.2 Å². The van der Waals surface area contributed by atoms with Crippen LogP contribution in [-0.2, 0) is 26.7 Å². The highest BCUT2D eigenvalue weighted by molar-refractivity contribution is 5.89. The van der Waals surface area contributed by atoms with E-state index in [-0.39, 0.29) is 31.0 Å². The van der Waals surface area contributed by atoms with E-state index in [1.807, 2.05) is 5.32 Å². The number of carbonyl (C=O) groups is 3. The maximum Gasteiger partial charge on any atom is 0.408 e. The Kier molecular flexibility index (Phi) is 11.8. The minimum absolute atomic E-state index is 0.0476. The van der Waals surface area contributed by atoms with Crippen molar-refractivity contribution in [2.24, 2.45) is 0 Å². The molecular weight excluding hydrogens is 583 g/mol. The van der Waals surface area contributed by atoms with Crippen molar-refractivity contribution in [2.45, 2.75) is 89.7 Å². The van der Waals surface area contributed by atoms with E-state index in [4.69, 9.17) is 9.47 Å². The van der Waals surface area contributed by atoms with Gasteiger partial charge in [-0.3, -0.25) is 4.79 Å². The summed E-state index contributed by atoms with van der Waals surface area (Å²) in [5, 5.41) is 11.1. The van der Waals surface area contributed by atoms with E-state index >= 15 is 8.78 Å². The van der Waals surface area contributed by atoms with Crippen LogP contribution in [0.3, 0.4) is 0 Å². The van der Waals surface area contributed by atoms with Crippen molar-refractivity contribution < 1.29 is 45.8 Å². The van der Waals surface area contributed by atoms with Crippen LogP contribution in [-0.4, -0.2) is 63.3 Å². The third-order valence-corrected chi connectivity index (χ3v) is 5.80. The number of benzene rings is 1. The van der Waals surface area contributed by atoms with E-state index in [1.165, 1.54) is 42.8 Å². The Morgan fingerprint density at radius 3 is 2.21 bits per heavy atom. The second-order valence-electron chi connectivity index (χ2n) is 11.2. The molecule has 0 fully saturated rings. The van der Waals surface area contributed by atoms with Gasteiger partial charge in [-0.2, -0.15) is 18.3 Å². The number of ether oxygens (including phenoxy) is 2. The summed E-state index contributed by atoms with van der Waals surface area (Å²) in [7, 11) is 0. The number of alkyl halides is 5. The molecule has 3 amide bonds. The molecule has 43 heavy (non-hydrogen) atoms. The van der Waals surface area contributed by atoms with Gasteiger partial charge in [-0.05, 0) is 41.0 Å². The highest BCUT2D eigenvalue weighted by Gasteiger charge is 2.37. The molecule has 0 aliphatic rings. The summed E-state index contributed by atoms with van der Waals surface area (Å²) in [6.45, 7) is 6.56. The Hall–Kier alpha value is -3.98. The van der Waals surface area contributed by atoms with Crippen LogP contribution in [0.2, 0.25) is 0 Å². The molecule has 0 aliphatic carbocycles. The Morgan fingerprint density at radius 2 is 1.60 bits per heavy atom. The molecule has 1 aromatic carbocycles. The van der Waals surface area contributed by atoms with Crippen LogP contribution in [0.1, 0.15) is 71.3 Å². The maximum atomic E-state index is 15.1. The fraction of sp³-hybridized carbons (Fsp3) is 0.593. The predicted molar refractivity (Wildman–Crippen MR) is 144 cm³/mol. The van der Waals surface area contributed by atoms with Gasteiger partial charge in [-0.1, -0.05) is 30.3 Å². The number of aromatic nitrogens is 3. The van der Waals surface area contributed by atoms with Gasteiger partial charge in [-0.15, -0.1) is 0 Å². The van der Waals surface area contributed by atoms with Crippen molar-refractivity contribution >= 4 is 18.1 Å². The molecule has 11 nitrogen and oxygen atoms in total. The highest BCUT2D eigenvalue weighted by Crippen LogP contribution is 2.35. The molecule has 0 radical (unpaired) electrons. The zero-order chi connectivity index (χ0) is 32.5. The fourth-order valence-electron chi connectivity index (χ4n) is 3.67. The summed E-state index contributed by atoms with van der Waals surface area (Å²) in [5.41, 5.74) is -2.60. The molecule has 0 unspecified atom stereocenters. The Labute approximate surface area is 245 Å². The number of halogens is 5. The lowest BCUT2D eigenvalue weighted by Gasteiger charge is -2.30. The van der Waals surface area contributed by atoms with Crippen molar-refractivity contribution in [3.05, 3.63) is 48.0 Å². The average molecular weight is 621 g/mol. The first-order chi connectivity index (χ1) is 19.8. The van der Waals surface area contributed by atoms with Crippen molar-refractivity contribution in [1.29, 1.82) is 0 Å². The summed E-state index contributed by atoms with van der Waals surface area (Å²) in [4.78, 5) is 41.4. The molecule has 0 spiro atoms. The molecule has 1 aromatic heterocycles. The molecule has 1 heterocycles. The maximum absolute atomic E-state index is 15.1. The summed E-state index contributed by atoms with van der Waals surface area (Å²) in [5.74, 6) is -3.95. The topological polar surface area (TPSA) is 136 Å². The first-order valence-corrected chi connectivity index (χ1v) is 13.4. The molecule has 2 aromatic rings. The number of rotatable bonds is 13. The van der Waals surface area contributed by atoms with E-state index in [0.29, 0.717) is 0 Å². The Morgan fingerprint density at radius 1 is 0.953 bits per heavy atom. The summed E-state index contributed by atoms with van der Waals surface area (Å²) in [6.07, 6.45) is -7.54. The van der Waals surface area contributed by atoms with Gasteiger partial charge in [0.1, 0.15) is 29.9 Å². The number of hydrogen-bond acceptors (Lipinski definition) is 7. The van der Waals surface area contributed by atoms with Crippen LogP contribution in [0.15, 0.2) is 36.7 Å². The summed E-state index contributed by atoms with van der Waals surface area (Å²) >= 11 is 0. The molecule has 0 saturated heterocycles.